The van der Waals surface area contributed by atoms with Gasteiger partial charge in [0.2, 0.25) is 0 Å². The molecule has 2 N–H and O–H groups in total. The highest BCUT2D eigenvalue weighted by atomic mass is 16.5. The van der Waals surface area contributed by atoms with E-state index in [1.54, 1.807) is 24.3 Å². The zero-order valence-electron chi connectivity index (χ0n) is 14.6. The van der Waals surface area contributed by atoms with E-state index in [2.05, 4.69) is 10.9 Å². The van der Waals surface area contributed by atoms with E-state index in [0.717, 1.165) is 11.1 Å². The second kappa shape index (κ2) is 8.73. The molecule has 0 aliphatic heterocycles. The Balaban J connectivity index is 1.89. The topological polar surface area (TPSA) is 76.7 Å². The van der Waals surface area contributed by atoms with Crippen molar-refractivity contribution in [1.29, 1.82) is 0 Å². The maximum absolute atomic E-state index is 12.2. The van der Waals surface area contributed by atoms with Gasteiger partial charge in [0, 0.05) is 0 Å². The monoisotopic (exact) mass is 342 g/mol. The number of benzene rings is 2. The van der Waals surface area contributed by atoms with Crippen LogP contribution in [0, 0.1) is 13.8 Å². The van der Waals surface area contributed by atoms with Crippen LogP contribution in [0.1, 0.15) is 28.4 Å². The minimum Gasteiger partial charge on any atom is -0.493 e. The molecule has 0 fully saturated rings. The quantitative estimate of drug-likeness (QED) is 0.791. The molecule has 0 spiro atoms. The molecule has 0 atom stereocenters. The van der Waals surface area contributed by atoms with Gasteiger partial charge < -0.3 is 9.47 Å². The number of hydrazine groups is 1. The number of carbonyl (C=O) groups excluding carboxylic acids is 2. The molecule has 2 amide bonds. The number of aryl methyl sites for hydroxylation is 2. The van der Waals surface area contributed by atoms with Crippen LogP contribution in [0.15, 0.2) is 42.5 Å². The fourth-order valence-electron chi connectivity index (χ4n) is 2.33. The molecule has 2 rings (SSSR count). The summed E-state index contributed by atoms with van der Waals surface area (Å²) in [6.45, 7) is 5.90. The van der Waals surface area contributed by atoms with Crippen molar-refractivity contribution in [2.45, 2.75) is 20.8 Å². The molecule has 0 unspecified atom stereocenters. The van der Waals surface area contributed by atoms with Crippen LogP contribution in [0.3, 0.4) is 0 Å². The smallest absolute Gasteiger partial charge is 0.276 e. The number of hydrogen-bond acceptors (Lipinski definition) is 4. The minimum absolute atomic E-state index is 0.195. The lowest BCUT2D eigenvalue weighted by molar-refractivity contribution is -0.123. The average Bonchev–Trinajstić information content (AvgIpc) is 2.60. The number of ether oxygens (including phenoxy) is 2. The van der Waals surface area contributed by atoms with Crippen molar-refractivity contribution in [2.24, 2.45) is 0 Å². The van der Waals surface area contributed by atoms with Crippen LogP contribution in [0.4, 0.5) is 0 Å². The van der Waals surface area contributed by atoms with E-state index in [1.165, 1.54) is 0 Å². The highest BCUT2D eigenvalue weighted by Gasteiger charge is 2.13. The van der Waals surface area contributed by atoms with Gasteiger partial charge in [-0.15, -0.1) is 0 Å². The zero-order chi connectivity index (χ0) is 18.2. The molecule has 132 valence electrons. The molecular weight excluding hydrogens is 320 g/mol. The molecule has 0 bridgehead atoms. The number of amides is 2. The van der Waals surface area contributed by atoms with Gasteiger partial charge in [-0.2, -0.15) is 0 Å². The highest BCUT2D eigenvalue weighted by Crippen LogP contribution is 2.22. The summed E-state index contributed by atoms with van der Waals surface area (Å²) in [7, 11) is 0. The van der Waals surface area contributed by atoms with Crippen molar-refractivity contribution in [2.75, 3.05) is 13.2 Å². The van der Waals surface area contributed by atoms with Crippen molar-refractivity contribution in [3.8, 4) is 11.5 Å². The molecule has 0 radical (unpaired) electrons. The summed E-state index contributed by atoms with van der Waals surface area (Å²) in [5.41, 5.74) is 6.95. The second-order valence-corrected chi connectivity index (χ2v) is 5.44. The Bertz CT molecular complexity index is 739. The number of para-hydroxylation sites is 2. The second-order valence-electron chi connectivity index (χ2n) is 5.44. The molecule has 6 heteroatoms. The predicted octanol–water partition coefficient (Wildman–Crippen LogP) is 2.54. The number of rotatable bonds is 6. The van der Waals surface area contributed by atoms with Gasteiger partial charge in [0.15, 0.2) is 6.61 Å². The van der Waals surface area contributed by atoms with Crippen LogP contribution in [0.25, 0.3) is 0 Å². The largest absolute Gasteiger partial charge is 0.493 e. The third-order valence-electron chi connectivity index (χ3n) is 3.50. The third-order valence-corrected chi connectivity index (χ3v) is 3.50. The van der Waals surface area contributed by atoms with E-state index in [0.29, 0.717) is 23.7 Å². The lowest BCUT2D eigenvalue weighted by Gasteiger charge is -2.13. The van der Waals surface area contributed by atoms with Gasteiger partial charge in [0.1, 0.15) is 11.5 Å². The van der Waals surface area contributed by atoms with E-state index in [-0.39, 0.29) is 6.61 Å². The van der Waals surface area contributed by atoms with E-state index in [1.807, 2.05) is 39.0 Å². The molecule has 0 aliphatic carbocycles. The van der Waals surface area contributed by atoms with Gasteiger partial charge >= 0.3 is 0 Å². The summed E-state index contributed by atoms with van der Waals surface area (Å²) in [6, 6.07) is 12.6. The molecule has 2 aromatic rings. The standard InChI is InChI=1S/C19H22N2O4/c1-4-24-16-11-6-5-10-15(16)19(23)21-20-17(22)12-25-18-13(2)8-7-9-14(18)3/h5-11H,4,12H2,1-3H3,(H,20,22)(H,21,23). The van der Waals surface area contributed by atoms with Gasteiger partial charge in [0.25, 0.3) is 11.8 Å². The van der Waals surface area contributed by atoms with Crippen molar-refractivity contribution >= 4 is 11.8 Å². The molecule has 25 heavy (non-hydrogen) atoms. The molecule has 0 saturated heterocycles. The van der Waals surface area contributed by atoms with E-state index in [4.69, 9.17) is 9.47 Å². The SMILES string of the molecule is CCOc1ccccc1C(=O)NNC(=O)COc1c(C)cccc1C. The summed E-state index contributed by atoms with van der Waals surface area (Å²) >= 11 is 0. The molecule has 0 aliphatic rings. The lowest BCUT2D eigenvalue weighted by Crippen LogP contribution is -2.44. The Labute approximate surface area is 147 Å². The molecule has 6 nitrogen and oxygen atoms in total. The van der Waals surface area contributed by atoms with Crippen LogP contribution >= 0.6 is 0 Å². The van der Waals surface area contributed by atoms with E-state index < -0.39 is 11.8 Å². The third kappa shape index (κ3) is 4.97. The van der Waals surface area contributed by atoms with Crippen LogP contribution in [0.5, 0.6) is 11.5 Å². The van der Waals surface area contributed by atoms with Crippen LogP contribution in [-0.2, 0) is 4.79 Å². The van der Waals surface area contributed by atoms with Crippen molar-refractivity contribution in [1.82, 2.24) is 10.9 Å². The van der Waals surface area contributed by atoms with Crippen molar-refractivity contribution < 1.29 is 19.1 Å². The maximum atomic E-state index is 12.2. The first-order chi connectivity index (χ1) is 12.0. The number of carbonyl (C=O) groups is 2. The predicted molar refractivity (Wildman–Crippen MR) is 94.6 cm³/mol. The van der Waals surface area contributed by atoms with Gasteiger partial charge in [-0.3, -0.25) is 20.4 Å². The molecule has 0 heterocycles. The normalized spacial score (nSPS) is 10.0. The van der Waals surface area contributed by atoms with Crippen LogP contribution < -0.4 is 20.3 Å². The summed E-state index contributed by atoms with van der Waals surface area (Å²) in [6.07, 6.45) is 0. The number of nitrogens with one attached hydrogen (secondary N) is 2. The fourth-order valence-corrected chi connectivity index (χ4v) is 2.33. The molecule has 0 saturated carbocycles. The first kappa shape index (κ1) is 18.3. The minimum atomic E-state index is -0.454. The Kier molecular flexibility index (Phi) is 6.39. The summed E-state index contributed by atoms with van der Waals surface area (Å²) < 4.78 is 10.9. The number of hydrogen-bond donors (Lipinski definition) is 2. The Morgan fingerprint density at radius 1 is 0.920 bits per heavy atom. The maximum Gasteiger partial charge on any atom is 0.276 e. The van der Waals surface area contributed by atoms with Crippen LogP contribution in [-0.4, -0.2) is 25.0 Å². The van der Waals surface area contributed by atoms with Crippen LogP contribution in [0.2, 0.25) is 0 Å². The van der Waals surface area contributed by atoms with Gasteiger partial charge in [-0.1, -0.05) is 30.3 Å². The van der Waals surface area contributed by atoms with E-state index >= 15 is 0 Å². The van der Waals surface area contributed by atoms with E-state index in [9.17, 15) is 9.59 Å². The Morgan fingerprint density at radius 2 is 1.60 bits per heavy atom. The zero-order valence-corrected chi connectivity index (χ0v) is 14.6. The van der Waals surface area contributed by atoms with Gasteiger partial charge in [-0.25, -0.2) is 0 Å². The Morgan fingerprint density at radius 3 is 2.28 bits per heavy atom. The summed E-state index contributed by atoms with van der Waals surface area (Å²) in [5.74, 6) is 0.226. The van der Waals surface area contributed by atoms with Crippen molar-refractivity contribution in [3.63, 3.8) is 0 Å². The summed E-state index contributed by atoms with van der Waals surface area (Å²) in [4.78, 5) is 24.1. The first-order valence-corrected chi connectivity index (χ1v) is 8.03. The molecular formula is C19H22N2O4. The highest BCUT2D eigenvalue weighted by molar-refractivity contribution is 5.97. The molecule has 0 aromatic heterocycles. The average molecular weight is 342 g/mol. The lowest BCUT2D eigenvalue weighted by atomic mass is 10.1. The molecule has 2 aromatic carbocycles. The van der Waals surface area contributed by atoms with Gasteiger partial charge in [-0.05, 0) is 44.0 Å². The first-order valence-electron chi connectivity index (χ1n) is 8.03. The Hall–Kier alpha value is -3.02. The summed E-state index contributed by atoms with van der Waals surface area (Å²) in [5, 5.41) is 0. The van der Waals surface area contributed by atoms with Gasteiger partial charge in [0.05, 0.1) is 12.2 Å². The van der Waals surface area contributed by atoms with Crippen molar-refractivity contribution in [3.05, 3.63) is 59.2 Å². The fraction of sp³-hybridized carbons (Fsp3) is 0.263.